The van der Waals surface area contributed by atoms with Gasteiger partial charge in [0.2, 0.25) is 23.6 Å². The molecule has 0 spiro atoms. The van der Waals surface area contributed by atoms with Gasteiger partial charge in [-0.1, -0.05) is 51.5 Å². The van der Waals surface area contributed by atoms with Crippen LogP contribution in [-0.4, -0.2) is 322 Å². The molecule has 1 aromatic carbocycles. The minimum atomic E-state index is -2.05. The monoisotopic (exact) mass is 1380 g/mol. The third-order valence-corrected chi connectivity index (χ3v) is 17.6. The number of hydrogen-bond acceptors (Lipinski definition) is 31. The van der Waals surface area contributed by atoms with E-state index in [1.807, 2.05) is 0 Å². The van der Waals surface area contributed by atoms with Gasteiger partial charge >= 0.3 is 0 Å². The number of aliphatic hydroxyl groups excluding tert-OH is 12. The van der Waals surface area contributed by atoms with Crippen molar-refractivity contribution in [3.8, 4) is 5.75 Å². The number of epoxide rings is 1. The van der Waals surface area contributed by atoms with Gasteiger partial charge in [0.25, 0.3) is 5.91 Å². The van der Waals surface area contributed by atoms with Gasteiger partial charge in [0.1, 0.15) is 146 Å². The number of methoxy groups -OCH3 is 1. The molecule has 8 rings (SSSR count). The van der Waals surface area contributed by atoms with Crippen molar-refractivity contribution in [2.75, 3.05) is 46.8 Å². The normalized spacial score (nSPS) is 40.7. The summed E-state index contributed by atoms with van der Waals surface area (Å²) in [5.74, 6) is -3.59. The first-order valence-corrected chi connectivity index (χ1v) is 32.2. The van der Waals surface area contributed by atoms with E-state index in [9.17, 15) is 85.3 Å². The number of carbonyl (C=O) groups is 5. The fraction of sp³-hybridized carbons (Fsp3) is 0.817. The summed E-state index contributed by atoms with van der Waals surface area (Å²) in [6.45, 7) is 2.24. The molecule has 0 saturated carbocycles. The zero-order valence-electron chi connectivity index (χ0n) is 53.9. The summed E-state index contributed by atoms with van der Waals surface area (Å²) < 4.78 is 83.3. The maximum Gasteiger partial charge on any atom is 0.251 e. The average Bonchev–Trinajstić information content (AvgIpc) is 1.23. The van der Waals surface area contributed by atoms with E-state index >= 15 is 0 Å². The molecule has 7 aliphatic rings. The summed E-state index contributed by atoms with van der Waals surface area (Å²) in [6.07, 6.45) is -34.2. The van der Waals surface area contributed by atoms with Gasteiger partial charge in [0.15, 0.2) is 44.0 Å². The van der Waals surface area contributed by atoms with Crippen molar-refractivity contribution >= 4 is 29.5 Å². The van der Waals surface area contributed by atoms with Crippen LogP contribution in [0, 0.1) is 0 Å². The topological polar surface area (TPSA) is 521 Å². The van der Waals surface area contributed by atoms with Gasteiger partial charge in [0, 0.05) is 40.4 Å². The number of benzene rings is 1. The van der Waals surface area contributed by atoms with E-state index in [0.29, 0.717) is 12.4 Å². The highest BCUT2D eigenvalue weighted by Gasteiger charge is 2.60. The fourth-order valence-corrected chi connectivity index (χ4v) is 12.6. The van der Waals surface area contributed by atoms with Crippen LogP contribution in [0.25, 0.3) is 0 Å². The first-order chi connectivity index (χ1) is 45.9. The molecule has 7 saturated heterocycles. The van der Waals surface area contributed by atoms with E-state index in [2.05, 4.69) is 33.5 Å². The summed E-state index contributed by atoms with van der Waals surface area (Å²) in [5, 5.41) is 148. The summed E-state index contributed by atoms with van der Waals surface area (Å²) in [7, 11) is 1.28. The van der Waals surface area contributed by atoms with Crippen LogP contribution in [0.1, 0.15) is 89.9 Å². The standard InChI is InChI=1S/C60H95N5O31/c1-7-8-9-10-11-12-13-17-84-29-16-14-15-28(18-29)53(81)65-36-41(75)40(74)30(19-66)87-55(36)91-47-31(20-67)88-56(37(43(47)77)62-25(3)71)92-48-32(21-68)89-57(38(44(48)78)63-26(4)72)93-49-33(22-69)90-58(39(45(49)79)64-27(5)73)94-50-34(86-54(82)35(42(50)76)61-24(2)70)23-85-59-51(83-6)46(80)52-60(95-52)96-59/h14-16,18,30-52,54-60,66-69,74-80,82H,7-13,17,19-23H2,1-6H3,(H,61,70)(H,62,71)(H,63,72)(H,64,73)(H,65,81)/t30?,31?,32?,33?,34?,35-,36?,37?,38-,39?,40+,41?,42-,43?,44-,45?,46?,47+,48?,49+,50?,51?,52?,54+,55?,56?,57-,58?,59+,60?/m0/s1. The molecule has 7 fully saturated rings. The SMILES string of the molecule is CCCCCCCCCOc1cccc(C(=O)NC2C(O[C@@H]3C(CO)OC(OC4C(CO)O[C@@H](O[C@@H]5C(CO)OC(OC6C(CO[C@@H]7OC8OC8C(O)C7OC)O[C@@H](O)[C@@H](NC(C)=O)[C@@H]6O)C(NC(C)=O)C5O)[C@@H](NC(C)=O)[C@@H]4O)C(NC(C)=O)C3O)OC(CO)[C@@H](O)C2O)c1. The van der Waals surface area contributed by atoms with E-state index in [4.69, 9.17) is 66.3 Å². The largest absolute Gasteiger partial charge is 0.494 e. The smallest absolute Gasteiger partial charge is 0.251 e. The van der Waals surface area contributed by atoms with Crippen LogP contribution in [0.15, 0.2) is 24.3 Å². The molecule has 546 valence electrons. The predicted octanol–water partition coefficient (Wildman–Crippen LogP) is -7.30. The number of aliphatic hydroxyl groups is 12. The molecule has 20 unspecified atom stereocenters. The molecule has 0 aromatic heterocycles. The molecule has 5 amide bonds. The predicted molar refractivity (Wildman–Crippen MR) is 317 cm³/mol. The summed E-state index contributed by atoms with van der Waals surface area (Å²) in [4.78, 5) is 65.0. The minimum Gasteiger partial charge on any atom is -0.494 e. The van der Waals surface area contributed by atoms with Crippen LogP contribution >= 0.6 is 0 Å². The minimum absolute atomic E-state index is 0.0629. The molecule has 0 bridgehead atoms. The second-order valence-electron chi connectivity index (χ2n) is 24.7. The lowest BCUT2D eigenvalue weighted by atomic mass is 9.93. The molecule has 0 aliphatic carbocycles. The zero-order chi connectivity index (χ0) is 69.8. The molecule has 7 heterocycles. The van der Waals surface area contributed by atoms with Gasteiger partial charge in [-0.25, -0.2) is 0 Å². The van der Waals surface area contributed by atoms with Crippen LogP contribution in [0.3, 0.4) is 0 Å². The van der Waals surface area contributed by atoms with Crippen molar-refractivity contribution in [3.05, 3.63) is 29.8 Å². The van der Waals surface area contributed by atoms with E-state index in [1.54, 1.807) is 12.1 Å². The number of ether oxygens (including phenoxy) is 14. The van der Waals surface area contributed by atoms with E-state index in [0.717, 1.165) is 66.2 Å². The lowest BCUT2D eigenvalue weighted by Crippen LogP contribution is -2.72. The molecular weight excluding hydrogens is 1290 g/mol. The summed E-state index contributed by atoms with van der Waals surface area (Å²) in [5.41, 5.74) is 0.0629. The lowest BCUT2D eigenvalue weighted by Gasteiger charge is -2.51. The molecule has 96 heavy (non-hydrogen) atoms. The zero-order valence-corrected chi connectivity index (χ0v) is 53.9. The molecule has 36 nitrogen and oxygen atoms in total. The first kappa shape index (κ1) is 77.1. The Morgan fingerprint density at radius 3 is 1.33 bits per heavy atom. The van der Waals surface area contributed by atoms with Crippen LogP contribution < -0.4 is 31.3 Å². The van der Waals surface area contributed by atoms with Crippen molar-refractivity contribution in [1.82, 2.24) is 26.6 Å². The van der Waals surface area contributed by atoms with Crippen molar-refractivity contribution in [2.24, 2.45) is 0 Å². The first-order valence-electron chi connectivity index (χ1n) is 32.2. The number of amides is 5. The Morgan fingerprint density at radius 2 is 0.875 bits per heavy atom. The number of fused-ring (bicyclic) bond motifs is 1. The van der Waals surface area contributed by atoms with E-state index in [-0.39, 0.29) is 5.56 Å². The Labute approximate surface area is 552 Å². The van der Waals surface area contributed by atoms with Gasteiger partial charge in [-0.2, -0.15) is 0 Å². The van der Waals surface area contributed by atoms with Gasteiger partial charge in [-0.15, -0.1) is 0 Å². The molecule has 30 atom stereocenters. The van der Waals surface area contributed by atoms with Gasteiger partial charge < -0.3 is 154 Å². The lowest BCUT2D eigenvalue weighted by molar-refractivity contribution is -0.368. The fourth-order valence-electron chi connectivity index (χ4n) is 12.6. The van der Waals surface area contributed by atoms with E-state index in [1.165, 1.54) is 25.7 Å². The van der Waals surface area contributed by atoms with Crippen molar-refractivity contribution < 1.29 is 152 Å². The Bertz CT molecular complexity index is 2660. The summed E-state index contributed by atoms with van der Waals surface area (Å²) in [6, 6.07) is -2.32. The maximum absolute atomic E-state index is 13.9. The van der Waals surface area contributed by atoms with Crippen molar-refractivity contribution in [3.63, 3.8) is 0 Å². The average molecular weight is 1380 g/mol. The second kappa shape index (κ2) is 35.6. The Hall–Kier alpha value is -4.63. The molecule has 36 heteroatoms. The number of rotatable bonds is 31. The highest BCUT2D eigenvalue weighted by molar-refractivity contribution is 5.94. The molecule has 7 aliphatic heterocycles. The van der Waals surface area contributed by atoms with Crippen LogP contribution in [0.4, 0.5) is 0 Å². The summed E-state index contributed by atoms with van der Waals surface area (Å²) >= 11 is 0. The quantitative estimate of drug-likeness (QED) is 0.0243. The highest BCUT2D eigenvalue weighted by atomic mass is 16.8. The highest BCUT2D eigenvalue weighted by Crippen LogP contribution is 2.39. The van der Waals surface area contributed by atoms with Crippen LogP contribution in [0.5, 0.6) is 5.75 Å². The second-order valence-corrected chi connectivity index (χ2v) is 24.7. The van der Waals surface area contributed by atoms with Gasteiger partial charge in [-0.3, -0.25) is 24.0 Å². The molecule has 17 N–H and O–H groups in total. The Morgan fingerprint density at radius 1 is 0.448 bits per heavy atom. The van der Waals surface area contributed by atoms with Crippen molar-refractivity contribution in [2.45, 2.75) is 264 Å². The molecular formula is C60H95N5O31. The van der Waals surface area contributed by atoms with Crippen LogP contribution in [-0.2, 0) is 80.8 Å². The number of hydrogen-bond donors (Lipinski definition) is 17. The third kappa shape index (κ3) is 18.9. The number of nitrogens with one attached hydrogen (secondary N) is 5. The van der Waals surface area contributed by atoms with E-state index < -0.39 is 247 Å². The Balaban J connectivity index is 0.977. The number of unbranched alkanes of at least 4 members (excludes halogenated alkanes) is 6. The Kier molecular flexibility index (Phi) is 28.6. The maximum atomic E-state index is 13.9. The van der Waals surface area contributed by atoms with Gasteiger partial charge in [-0.05, 0) is 24.6 Å². The molecule has 0 radical (unpaired) electrons. The third-order valence-electron chi connectivity index (χ3n) is 17.6. The van der Waals surface area contributed by atoms with Crippen molar-refractivity contribution in [1.29, 1.82) is 0 Å². The van der Waals surface area contributed by atoms with Gasteiger partial charge in [0.05, 0.1) is 39.6 Å². The number of carbonyl (C=O) groups excluding carboxylic acids is 5. The van der Waals surface area contributed by atoms with Crippen LogP contribution in [0.2, 0.25) is 0 Å². The molecule has 1 aromatic rings.